The number of esters is 1. The number of aromatic nitrogens is 2. The molecule has 1 aromatic heterocycles. The molecule has 8 nitrogen and oxygen atoms in total. The van der Waals surface area contributed by atoms with E-state index in [1.165, 1.54) is 7.11 Å². The topological polar surface area (TPSA) is 121 Å². The largest absolute Gasteiger partial charge is 0.469 e. The van der Waals surface area contributed by atoms with Gasteiger partial charge in [0.25, 0.3) is 5.56 Å². The van der Waals surface area contributed by atoms with Crippen molar-refractivity contribution in [3.8, 4) is 0 Å². The molecule has 8 heteroatoms. The van der Waals surface area contributed by atoms with Crippen molar-refractivity contribution < 1.29 is 14.3 Å². The van der Waals surface area contributed by atoms with Crippen molar-refractivity contribution in [2.75, 3.05) is 12.4 Å². The van der Waals surface area contributed by atoms with E-state index in [1.807, 2.05) is 4.98 Å². The van der Waals surface area contributed by atoms with Crippen LogP contribution in [0.1, 0.15) is 12.8 Å². The first-order valence-corrected chi connectivity index (χ1v) is 4.71. The lowest BCUT2D eigenvalue weighted by molar-refractivity contribution is -0.141. The van der Waals surface area contributed by atoms with Crippen LogP contribution < -0.4 is 16.6 Å². The third-order valence-electron chi connectivity index (χ3n) is 1.88. The summed E-state index contributed by atoms with van der Waals surface area (Å²) in [5, 5.41) is 2.26. The van der Waals surface area contributed by atoms with Crippen LogP contribution in [0.15, 0.2) is 15.8 Å². The Bertz CT molecular complexity index is 530. The Morgan fingerprint density at radius 2 is 2.06 bits per heavy atom. The highest BCUT2D eigenvalue weighted by molar-refractivity contribution is 5.92. The summed E-state index contributed by atoms with van der Waals surface area (Å²) < 4.78 is 4.36. The summed E-state index contributed by atoms with van der Waals surface area (Å²) in [6, 6.07) is 0. The molecule has 0 saturated carbocycles. The van der Waals surface area contributed by atoms with Gasteiger partial charge in [0, 0.05) is 12.6 Å². The molecule has 0 unspecified atom stereocenters. The van der Waals surface area contributed by atoms with Crippen LogP contribution in [0.2, 0.25) is 0 Å². The van der Waals surface area contributed by atoms with Crippen molar-refractivity contribution in [1.29, 1.82) is 0 Å². The molecule has 0 atom stereocenters. The molecule has 1 heterocycles. The fourth-order valence-corrected chi connectivity index (χ4v) is 1.03. The predicted molar refractivity (Wildman–Crippen MR) is 57.6 cm³/mol. The number of nitrogens with one attached hydrogen (secondary N) is 3. The monoisotopic (exact) mass is 241 g/mol. The number of methoxy groups -OCH3 is 1. The van der Waals surface area contributed by atoms with Gasteiger partial charge in [-0.15, -0.1) is 0 Å². The second-order valence-corrected chi connectivity index (χ2v) is 3.11. The quantitative estimate of drug-likeness (QED) is 0.581. The van der Waals surface area contributed by atoms with Gasteiger partial charge in [0.15, 0.2) is 0 Å². The Hall–Kier alpha value is -2.38. The number of aromatic amines is 2. The van der Waals surface area contributed by atoms with Crippen molar-refractivity contribution in [1.82, 2.24) is 9.97 Å². The Morgan fingerprint density at radius 1 is 1.35 bits per heavy atom. The third kappa shape index (κ3) is 3.93. The summed E-state index contributed by atoms with van der Waals surface area (Å²) in [7, 11) is 1.22. The highest BCUT2D eigenvalue weighted by Gasteiger charge is 2.09. The van der Waals surface area contributed by atoms with E-state index in [1.54, 1.807) is 0 Å². The van der Waals surface area contributed by atoms with Crippen molar-refractivity contribution in [3.05, 3.63) is 27.0 Å². The minimum atomic E-state index is -0.708. The lowest BCUT2D eigenvalue weighted by Crippen LogP contribution is -2.26. The number of hydrogen-bond acceptors (Lipinski definition) is 5. The number of H-pyrrole nitrogens is 2. The van der Waals surface area contributed by atoms with E-state index >= 15 is 0 Å². The summed E-state index contributed by atoms with van der Waals surface area (Å²) in [5.74, 6) is -1.04. The summed E-state index contributed by atoms with van der Waals surface area (Å²) in [6.07, 6.45) is 0.895. The van der Waals surface area contributed by atoms with Gasteiger partial charge in [-0.2, -0.15) is 0 Å². The molecule has 1 amide bonds. The Balaban J connectivity index is 2.59. The van der Waals surface area contributed by atoms with Crippen molar-refractivity contribution >= 4 is 17.6 Å². The number of anilines is 1. The van der Waals surface area contributed by atoms with Gasteiger partial charge in [0.05, 0.1) is 13.5 Å². The third-order valence-corrected chi connectivity index (χ3v) is 1.88. The molecule has 0 spiro atoms. The van der Waals surface area contributed by atoms with E-state index in [4.69, 9.17) is 0 Å². The molecule has 0 saturated heterocycles. The van der Waals surface area contributed by atoms with Crippen LogP contribution in [0.5, 0.6) is 0 Å². The van der Waals surface area contributed by atoms with Gasteiger partial charge in [-0.1, -0.05) is 0 Å². The Labute approximate surface area is 95.0 Å². The summed E-state index contributed by atoms with van der Waals surface area (Å²) >= 11 is 0. The zero-order valence-corrected chi connectivity index (χ0v) is 9.03. The second kappa shape index (κ2) is 5.64. The standard InChI is InChI=1S/C9H11N3O5/c1-17-7(14)3-2-6(13)11-5-4-10-9(16)12-8(5)15/h4H,2-3H2,1H3,(H,11,13)(H2,10,12,15,16). The fourth-order valence-electron chi connectivity index (χ4n) is 1.03. The number of rotatable bonds is 4. The number of carbonyl (C=O) groups is 2. The highest BCUT2D eigenvalue weighted by atomic mass is 16.5. The van der Waals surface area contributed by atoms with E-state index in [2.05, 4.69) is 15.0 Å². The van der Waals surface area contributed by atoms with E-state index in [0.29, 0.717) is 0 Å². The normalized spacial score (nSPS) is 9.71. The molecule has 1 aromatic rings. The molecule has 0 fully saturated rings. The summed E-state index contributed by atoms with van der Waals surface area (Å²) in [6.45, 7) is 0. The van der Waals surface area contributed by atoms with Crippen LogP contribution >= 0.6 is 0 Å². The lowest BCUT2D eigenvalue weighted by Gasteiger charge is -2.02. The molecule has 92 valence electrons. The van der Waals surface area contributed by atoms with Gasteiger partial charge in [0.2, 0.25) is 5.91 Å². The minimum absolute atomic E-state index is 0.0798. The van der Waals surface area contributed by atoms with Gasteiger partial charge in [-0.3, -0.25) is 19.4 Å². The molecule has 0 radical (unpaired) electrons. The second-order valence-electron chi connectivity index (χ2n) is 3.11. The first-order chi connectivity index (χ1) is 8.02. The molecule has 0 aliphatic rings. The van der Waals surface area contributed by atoms with E-state index < -0.39 is 23.1 Å². The molecule has 0 aromatic carbocycles. The summed E-state index contributed by atoms with van der Waals surface area (Å²) in [4.78, 5) is 48.1. The number of hydrogen-bond donors (Lipinski definition) is 3. The van der Waals surface area contributed by atoms with Crippen LogP contribution in [-0.4, -0.2) is 29.0 Å². The molecular formula is C9H11N3O5. The van der Waals surface area contributed by atoms with Gasteiger partial charge < -0.3 is 15.0 Å². The molecule has 3 N–H and O–H groups in total. The maximum absolute atomic E-state index is 11.3. The number of amides is 1. The predicted octanol–water partition coefficient (Wildman–Crippen LogP) is -1.05. The minimum Gasteiger partial charge on any atom is -0.469 e. The highest BCUT2D eigenvalue weighted by Crippen LogP contribution is 1.97. The van der Waals surface area contributed by atoms with Crippen LogP contribution in [0.4, 0.5) is 5.69 Å². The van der Waals surface area contributed by atoms with Crippen molar-refractivity contribution in [2.24, 2.45) is 0 Å². The van der Waals surface area contributed by atoms with Crippen molar-refractivity contribution in [3.63, 3.8) is 0 Å². The number of ether oxygens (including phenoxy) is 1. The van der Waals surface area contributed by atoms with E-state index in [9.17, 15) is 19.2 Å². The zero-order valence-electron chi connectivity index (χ0n) is 9.03. The maximum Gasteiger partial charge on any atom is 0.325 e. The van der Waals surface area contributed by atoms with Gasteiger partial charge >= 0.3 is 11.7 Å². The molecule has 0 aliphatic carbocycles. The molecule has 17 heavy (non-hydrogen) atoms. The van der Waals surface area contributed by atoms with Crippen LogP contribution in [0.25, 0.3) is 0 Å². The SMILES string of the molecule is COC(=O)CCC(=O)Nc1c[nH]c(=O)[nH]c1=O. The van der Waals surface area contributed by atoms with Crippen LogP contribution in [-0.2, 0) is 14.3 Å². The van der Waals surface area contributed by atoms with E-state index in [0.717, 1.165) is 6.20 Å². The van der Waals surface area contributed by atoms with Gasteiger partial charge in [-0.25, -0.2) is 4.79 Å². The van der Waals surface area contributed by atoms with E-state index in [-0.39, 0.29) is 18.5 Å². The molecule has 0 bridgehead atoms. The first kappa shape index (κ1) is 12.7. The maximum atomic E-state index is 11.3. The molecule has 1 rings (SSSR count). The van der Waals surface area contributed by atoms with Crippen LogP contribution in [0.3, 0.4) is 0 Å². The lowest BCUT2D eigenvalue weighted by atomic mass is 10.3. The Morgan fingerprint density at radius 3 is 2.65 bits per heavy atom. The first-order valence-electron chi connectivity index (χ1n) is 4.71. The average Bonchev–Trinajstić information content (AvgIpc) is 2.29. The Kier molecular flexibility index (Phi) is 4.21. The summed E-state index contributed by atoms with van der Waals surface area (Å²) in [5.41, 5.74) is -1.46. The van der Waals surface area contributed by atoms with Gasteiger partial charge in [0.1, 0.15) is 5.69 Å². The number of carbonyl (C=O) groups excluding carboxylic acids is 2. The molecular weight excluding hydrogens is 230 g/mol. The molecule has 0 aliphatic heterocycles. The van der Waals surface area contributed by atoms with Gasteiger partial charge in [-0.05, 0) is 0 Å². The fraction of sp³-hybridized carbons (Fsp3) is 0.333. The zero-order chi connectivity index (χ0) is 12.8. The smallest absolute Gasteiger partial charge is 0.325 e. The average molecular weight is 241 g/mol. The van der Waals surface area contributed by atoms with Crippen molar-refractivity contribution in [2.45, 2.75) is 12.8 Å². The van der Waals surface area contributed by atoms with Crippen LogP contribution in [0, 0.1) is 0 Å².